The minimum absolute atomic E-state index is 0.103. The van der Waals surface area contributed by atoms with Crippen LogP contribution in [0.1, 0.15) is 5.56 Å². The Kier molecular flexibility index (Phi) is 5.42. The molecule has 2 N–H and O–H groups in total. The SMILES string of the molecule is O=C(CSc1nc2ccc([N+](=O)[O-])cc2[nH]1)Nc1ncc(C(F)(F)F)cc1Cl. The third-order valence-corrected chi connectivity index (χ3v) is 4.58. The number of nitrogens with zero attached hydrogens (tertiary/aromatic N) is 3. The number of carbonyl (C=O) groups excluding carboxylic acids is 1. The molecule has 13 heteroatoms. The number of aromatic amines is 1. The molecule has 0 atom stereocenters. The van der Waals surface area contributed by atoms with Gasteiger partial charge in [-0.15, -0.1) is 0 Å². The Labute approximate surface area is 163 Å². The molecule has 1 aromatic carbocycles. The van der Waals surface area contributed by atoms with E-state index in [0.717, 1.165) is 11.8 Å². The third-order valence-electron chi connectivity index (χ3n) is 3.42. The van der Waals surface area contributed by atoms with Crippen molar-refractivity contribution in [3.8, 4) is 0 Å². The van der Waals surface area contributed by atoms with E-state index in [1.54, 1.807) is 0 Å². The van der Waals surface area contributed by atoms with Crippen LogP contribution in [0.4, 0.5) is 24.7 Å². The van der Waals surface area contributed by atoms with E-state index in [2.05, 4.69) is 20.3 Å². The van der Waals surface area contributed by atoms with Gasteiger partial charge in [0.05, 0.1) is 32.3 Å². The quantitative estimate of drug-likeness (QED) is 0.354. The fraction of sp³-hybridized carbons (Fsp3) is 0.133. The van der Waals surface area contributed by atoms with E-state index in [4.69, 9.17) is 11.6 Å². The number of imidazole rings is 1. The maximum atomic E-state index is 12.6. The van der Waals surface area contributed by atoms with Gasteiger partial charge in [0.2, 0.25) is 5.91 Å². The highest BCUT2D eigenvalue weighted by molar-refractivity contribution is 7.99. The van der Waals surface area contributed by atoms with Crippen LogP contribution < -0.4 is 5.32 Å². The monoisotopic (exact) mass is 431 g/mol. The zero-order valence-electron chi connectivity index (χ0n) is 13.6. The van der Waals surface area contributed by atoms with E-state index < -0.39 is 22.6 Å². The number of nitrogens with one attached hydrogen (secondary N) is 2. The maximum absolute atomic E-state index is 12.6. The summed E-state index contributed by atoms with van der Waals surface area (Å²) >= 11 is 6.73. The molecule has 0 unspecified atom stereocenters. The summed E-state index contributed by atoms with van der Waals surface area (Å²) in [6.07, 6.45) is -4.02. The molecule has 0 saturated heterocycles. The fourth-order valence-electron chi connectivity index (χ4n) is 2.14. The predicted molar refractivity (Wildman–Crippen MR) is 96.4 cm³/mol. The van der Waals surface area contributed by atoms with Gasteiger partial charge in [-0.25, -0.2) is 9.97 Å². The van der Waals surface area contributed by atoms with E-state index in [9.17, 15) is 28.1 Å². The molecule has 0 radical (unpaired) electrons. The normalized spacial score (nSPS) is 11.6. The molecule has 0 spiro atoms. The van der Waals surface area contributed by atoms with E-state index in [0.29, 0.717) is 28.5 Å². The van der Waals surface area contributed by atoms with Crippen molar-refractivity contribution in [1.29, 1.82) is 0 Å². The molecule has 28 heavy (non-hydrogen) atoms. The van der Waals surface area contributed by atoms with Gasteiger partial charge in [-0.1, -0.05) is 23.4 Å². The average Bonchev–Trinajstić information content (AvgIpc) is 3.02. The van der Waals surface area contributed by atoms with Crippen LogP contribution in [0.15, 0.2) is 35.6 Å². The lowest BCUT2D eigenvalue weighted by Crippen LogP contribution is -2.16. The van der Waals surface area contributed by atoms with Gasteiger partial charge in [0, 0.05) is 18.3 Å². The molecule has 3 rings (SSSR count). The van der Waals surface area contributed by atoms with Crippen molar-refractivity contribution in [2.45, 2.75) is 11.3 Å². The predicted octanol–water partition coefficient (Wildman–Crippen LogP) is 4.27. The van der Waals surface area contributed by atoms with Gasteiger partial charge < -0.3 is 10.3 Å². The van der Waals surface area contributed by atoms with Gasteiger partial charge in [-0.3, -0.25) is 14.9 Å². The summed E-state index contributed by atoms with van der Waals surface area (Å²) in [7, 11) is 0. The van der Waals surface area contributed by atoms with E-state index in [1.807, 2.05) is 0 Å². The first-order chi connectivity index (χ1) is 13.1. The Morgan fingerprint density at radius 3 is 2.75 bits per heavy atom. The minimum atomic E-state index is -4.59. The van der Waals surface area contributed by atoms with Crippen molar-refractivity contribution in [3.63, 3.8) is 0 Å². The smallest absolute Gasteiger partial charge is 0.333 e. The average molecular weight is 432 g/mol. The molecule has 8 nitrogen and oxygen atoms in total. The molecule has 146 valence electrons. The van der Waals surface area contributed by atoms with Gasteiger partial charge in [-0.05, 0) is 12.1 Å². The molecular formula is C15H9ClF3N5O3S. The van der Waals surface area contributed by atoms with E-state index in [-0.39, 0.29) is 22.3 Å². The number of non-ortho nitro benzene ring substituents is 1. The number of aromatic nitrogens is 3. The van der Waals surface area contributed by atoms with Crippen molar-refractivity contribution in [2.24, 2.45) is 0 Å². The van der Waals surface area contributed by atoms with Gasteiger partial charge >= 0.3 is 6.18 Å². The third kappa shape index (κ3) is 4.51. The van der Waals surface area contributed by atoms with Gasteiger partial charge in [0.25, 0.3) is 5.69 Å². The van der Waals surface area contributed by atoms with E-state index >= 15 is 0 Å². The van der Waals surface area contributed by atoms with E-state index in [1.165, 1.54) is 18.2 Å². The van der Waals surface area contributed by atoms with Crippen LogP contribution in [0.25, 0.3) is 11.0 Å². The zero-order chi connectivity index (χ0) is 20.5. The van der Waals surface area contributed by atoms with Crippen molar-refractivity contribution >= 4 is 51.8 Å². The van der Waals surface area contributed by atoms with Gasteiger partial charge in [-0.2, -0.15) is 13.2 Å². The zero-order valence-corrected chi connectivity index (χ0v) is 15.2. The standard InChI is InChI=1S/C15H9ClF3N5O3S/c16-9-3-7(15(17,18)19)5-20-13(9)23-12(25)6-28-14-21-10-2-1-8(24(26)27)4-11(10)22-14/h1-5H,6H2,(H,21,22)(H,20,23,25). The second-order valence-electron chi connectivity index (χ2n) is 5.39. The number of anilines is 1. The molecule has 0 saturated carbocycles. The molecule has 2 aromatic heterocycles. The summed E-state index contributed by atoms with van der Waals surface area (Å²) in [4.78, 5) is 32.8. The Hall–Kier alpha value is -2.86. The molecule has 0 bridgehead atoms. The molecule has 1 amide bonds. The second-order valence-corrected chi connectivity index (χ2v) is 6.76. The van der Waals surface area contributed by atoms with Gasteiger partial charge in [0.15, 0.2) is 11.0 Å². The molecule has 0 fully saturated rings. The number of nitro groups is 1. The first-order valence-corrected chi connectivity index (χ1v) is 8.79. The topological polar surface area (TPSA) is 114 Å². The Bertz CT molecular complexity index is 1070. The van der Waals surface area contributed by atoms with Crippen LogP contribution in [0.2, 0.25) is 5.02 Å². The number of hydrogen-bond acceptors (Lipinski definition) is 6. The Morgan fingerprint density at radius 1 is 1.36 bits per heavy atom. The molecule has 0 aliphatic rings. The largest absolute Gasteiger partial charge is 0.417 e. The number of nitro benzene ring substituents is 1. The van der Waals surface area contributed by atoms with Crippen molar-refractivity contribution in [1.82, 2.24) is 15.0 Å². The second kappa shape index (κ2) is 7.64. The van der Waals surface area contributed by atoms with Crippen LogP contribution in [0.5, 0.6) is 0 Å². The number of amides is 1. The molecule has 0 aliphatic heterocycles. The first kappa shape index (κ1) is 19.9. The Morgan fingerprint density at radius 2 is 2.11 bits per heavy atom. The molecular weight excluding hydrogens is 423 g/mol. The summed E-state index contributed by atoms with van der Waals surface area (Å²) in [5.74, 6) is -0.896. The number of rotatable bonds is 5. The summed E-state index contributed by atoms with van der Waals surface area (Å²) in [6.45, 7) is 0. The van der Waals surface area contributed by atoms with Crippen molar-refractivity contribution in [3.05, 3.63) is 51.2 Å². The van der Waals surface area contributed by atoms with Crippen LogP contribution in [-0.4, -0.2) is 31.5 Å². The van der Waals surface area contributed by atoms with Gasteiger partial charge in [0.1, 0.15) is 0 Å². The number of halogens is 4. The first-order valence-electron chi connectivity index (χ1n) is 7.43. The number of thioether (sulfide) groups is 1. The molecule has 3 aromatic rings. The van der Waals surface area contributed by atoms with Crippen LogP contribution in [0, 0.1) is 10.1 Å². The maximum Gasteiger partial charge on any atom is 0.417 e. The van der Waals surface area contributed by atoms with Crippen LogP contribution in [-0.2, 0) is 11.0 Å². The summed E-state index contributed by atoms with van der Waals surface area (Å²) in [6, 6.07) is 4.77. The van der Waals surface area contributed by atoms with Crippen molar-refractivity contribution in [2.75, 3.05) is 11.1 Å². The highest BCUT2D eigenvalue weighted by atomic mass is 35.5. The highest BCUT2D eigenvalue weighted by Gasteiger charge is 2.31. The summed E-state index contributed by atoms with van der Waals surface area (Å²) < 4.78 is 37.8. The molecule has 0 aliphatic carbocycles. The van der Waals surface area contributed by atoms with Crippen molar-refractivity contribution < 1.29 is 22.9 Å². The molecule has 2 heterocycles. The number of hydrogen-bond donors (Lipinski definition) is 2. The highest BCUT2D eigenvalue weighted by Crippen LogP contribution is 2.32. The van der Waals surface area contributed by atoms with Crippen LogP contribution >= 0.6 is 23.4 Å². The lowest BCUT2D eigenvalue weighted by Gasteiger charge is -2.09. The Balaban J connectivity index is 1.64. The lowest BCUT2D eigenvalue weighted by atomic mass is 10.3. The minimum Gasteiger partial charge on any atom is -0.333 e. The number of fused-ring (bicyclic) bond motifs is 1. The number of carbonyl (C=O) groups is 1. The number of alkyl halides is 3. The van der Waals surface area contributed by atoms with Crippen LogP contribution in [0.3, 0.4) is 0 Å². The number of pyridine rings is 1. The number of benzene rings is 1. The lowest BCUT2D eigenvalue weighted by molar-refractivity contribution is -0.384. The summed E-state index contributed by atoms with van der Waals surface area (Å²) in [5.41, 5.74) is -0.208. The summed E-state index contributed by atoms with van der Waals surface area (Å²) in [5, 5.41) is 13.1. The fourth-order valence-corrected chi connectivity index (χ4v) is 3.04. The number of H-pyrrole nitrogens is 1.